The highest BCUT2D eigenvalue weighted by molar-refractivity contribution is 5.61. The van der Waals surface area contributed by atoms with Crippen LogP contribution in [0.15, 0.2) is 30.5 Å². The molecule has 0 bridgehead atoms. The number of rotatable bonds is 6. The van der Waals surface area contributed by atoms with E-state index in [1.807, 2.05) is 19.1 Å². The van der Waals surface area contributed by atoms with Crippen molar-refractivity contribution in [3.05, 3.63) is 41.9 Å². The van der Waals surface area contributed by atoms with Crippen molar-refractivity contribution in [2.24, 2.45) is 11.8 Å². The van der Waals surface area contributed by atoms with Gasteiger partial charge in [0.25, 0.3) is 0 Å². The van der Waals surface area contributed by atoms with E-state index in [1.165, 1.54) is 6.42 Å². The molecular formula is C19H26N2O. The smallest absolute Gasteiger partial charge is 0.125 e. The van der Waals surface area contributed by atoms with Gasteiger partial charge in [0.1, 0.15) is 11.6 Å². The molecule has 1 aromatic carbocycles. The summed E-state index contributed by atoms with van der Waals surface area (Å²) < 4.78 is 5.98. The first-order chi connectivity index (χ1) is 10.5. The Balaban J connectivity index is 2.07. The zero-order valence-electron chi connectivity index (χ0n) is 14.3. The summed E-state index contributed by atoms with van der Waals surface area (Å²) in [5.41, 5.74) is 3.20. The van der Waals surface area contributed by atoms with Crippen molar-refractivity contribution in [3.8, 4) is 17.0 Å². The van der Waals surface area contributed by atoms with E-state index in [1.54, 1.807) is 6.20 Å². The van der Waals surface area contributed by atoms with Gasteiger partial charge < -0.3 is 4.74 Å². The third-order valence-electron chi connectivity index (χ3n) is 3.64. The molecular weight excluding hydrogens is 272 g/mol. The summed E-state index contributed by atoms with van der Waals surface area (Å²) in [6.07, 6.45) is 2.99. The molecule has 0 aliphatic carbocycles. The fourth-order valence-corrected chi connectivity index (χ4v) is 2.69. The molecule has 3 heteroatoms. The average molecular weight is 298 g/mol. The van der Waals surface area contributed by atoms with E-state index in [9.17, 15) is 0 Å². The molecule has 0 aliphatic rings. The van der Waals surface area contributed by atoms with Gasteiger partial charge in [0.05, 0.1) is 12.3 Å². The Labute approximate surface area is 133 Å². The zero-order valence-corrected chi connectivity index (χ0v) is 14.3. The van der Waals surface area contributed by atoms with Crippen LogP contribution in [-0.2, 0) is 0 Å². The number of hydrogen-bond donors (Lipinski definition) is 0. The van der Waals surface area contributed by atoms with Gasteiger partial charge in [0.2, 0.25) is 0 Å². The van der Waals surface area contributed by atoms with Gasteiger partial charge in [-0.05, 0) is 61.9 Å². The monoisotopic (exact) mass is 298 g/mol. The Morgan fingerprint density at radius 3 is 2.50 bits per heavy atom. The molecule has 1 atom stereocenters. The highest BCUT2D eigenvalue weighted by atomic mass is 16.5. The molecule has 2 rings (SSSR count). The predicted octanol–water partition coefficient (Wildman–Crippen LogP) is 4.82. The van der Waals surface area contributed by atoms with Gasteiger partial charge in [-0.2, -0.15) is 0 Å². The van der Waals surface area contributed by atoms with Gasteiger partial charge in [0.15, 0.2) is 0 Å². The van der Waals surface area contributed by atoms with Crippen LogP contribution in [0.5, 0.6) is 5.75 Å². The molecule has 0 aliphatic heterocycles. The Bertz CT molecular complexity index is 623. The fourth-order valence-electron chi connectivity index (χ4n) is 2.69. The Hall–Kier alpha value is -1.90. The minimum absolute atomic E-state index is 0.573. The largest absolute Gasteiger partial charge is 0.493 e. The maximum Gasteiger partial charge on any atom is 0.125 e. The minimum atomic E-state index is 0.573. The number of benzene rings is 1. The van der Waals surface area contributed by atoms with Crippen LogP contribution in [0, 0.1) is 25.7 Å². The van der Waals surface area contributed by atoms with Crippen LogP contribution >= 0.6 is 0 Å². The summed E-state index contributed by atoms with van der Waals surface area (Å²) in [7, 11) is 0. The summed E-state index contributed by atoms with van der Waals surface area (Å²) in [5, 5.41) is 0. The first-order valence-corrected chi connectivity index (χ1v) is 7.99. The van der Waals surface area contributed by atoms with Crippen LogP contribution in [0.2, 0.25) is 0 Å². The van der Waals surface area contributed by atoms with Crippen molar-refractivity contribution in [2.45, 2.75) is 41.0 Å². The fraction of sp³-hybridized carbons (Fsp3) is 0.474. The molecule has 1 aromatic heterocycles. The van der Waals surface area contributed by atoms with Crippen LogP contribution in [0.1, 0.15) is 38.6 Å². The van der Waals surface area contributed by atoms with Crippen molar-refractivity contribution >= 4 is 0 Å². The topological polar surface area (TPSA) is 35.0 Å². The number of aromatic nitrogens is 2. The standard InChI is InChI=1S/C19H26N2O/c1-13(2)10-14(3)12-22-19-7-6-17(11-15(19)4)18-8-9-20-16(5)21-18/h6-9,11,13-14H,10,12H2,1-5H3/t14-/m0/s1. The Morgan fingerprint density at radius 2 is 1.86 bits per heavy atom. The molecule has 1 heterocycles. The second-order valence-corrected chi connectivity index (χ2v) is 6.52. The van der Waals surface area contributed by atoms with Crippen LogP contribution in [0.25, 0.3) is 11.3 Å². The van der Waals surface area contributed by atoms with E-state index in [0.29, 0.717) is 11.8 Å². The second-order valence-electron chi connectivity index (χ2n) is 6.52. The molecule has 0 saturated heterocycles. The zero-order chi connectivity index (χ0) is 16.1. The minimum Gasteiger partial charge on any atom is -0.493 e. The highest BCUT2D eigenvalue weighted by Crippen LogP contribution is 2.25. The van der Waals surface area contributed by atoms with Gasteiger partial charge in [-0.15, -0.1) is 0 Å². The number of ether oxygens (including phenoxy) is 1. The van der Waals surface area contributed by atoms with Crippen molar-refractivity contribution in [2.75, 3.05) is 6.61 Å². The number of hydrogen-bond acceptors (Lipinski definition) is 3. The number of nitrogens with zero attached hydrogens (tertiary/aromatic N) is 2. The van der Waals surface area contributed by atoms with Gasteiger partial charge in [-0.25, -0.2) is 9.97 Å². The molecule has 22 heavy (non-hydrogen) atoms. The third kappa shape index (κ3) is 4.55. The molecule has 0 unspecified atom stereocenters. The summed E-state index contributed by atoms with van der Waals surface area (Å²) in [6, 6.07) is 8.18. The van der Waals surface area contributed by atoms with Crippen LogP contribution in [0.3, 0.4) is 0 Å². The molecule has 3 nitrogen and oxygen atoms in total. The lowest BCUT2D eigenvalue weighted by molar-refractivity contribution is 0.238. The van der Waals surface area contributed by atoms with Gasteiger partial charge in [-0.1, -0.05) is 20.8 Å². The second kappa shape index (κ2) is 7.39. The Morgan fingerprint density at radius 1 is 1.09 bits per heavy atom. The molecule has 0 radical (unpaired) electrons. The quantitative estimate of drug-likeness (QED) is 0.766. The van der Waals surface area contributed by atoms with E-state index >= 15 is 0 Å². The molecule has 0 spiro atoms. The van der Waals surface area contributed by atoms with Crippen LogP contribution in [-0.4, -0.2) is 16.6 Å². The number of aryl methyl sites for hydroxylation is 2. The lowest BCUT2D eigenvalue weighted by atomic mass is 10.00. The van der Waals surface area contributed by atoms with Gasteiger partial charge in [0, 0.05) is 11.8 Å². The molecule has 0 N–H and O–H groups in total. The van der Waals surface area contributed by atoms with Crippen LogP contribution in [0.4, 0.5) is 0 Å². The van der Waals surface area contributed by atoms with Crippen molar-refractivity contribution in [1.82, 2.24) is 9.97 Å². The van der Waals surface area contributed by atoms with E-state index < -0.39 is 0 Å². The first-order valence-electron chi connectivity index (χ1n) is 7.99. The van der Waals surface area contributed by atoms with E-state index in [2.05, 4.69) is 49.8 Å². The highest BCUT2D eigenvalue weighted by Gasteiger charge is 2.09. The predicted molar refractivity (Wildman–Crippen MR) is 91.1 cm³/mol. The van der Waals surface area contributed by atoms with Crippen molar-refractivity contribution in [3.63, 3.8) is 0 Å². The van der Waals surface area contributed by atoms with Crippen molar-refractivity contribution in [1.29, 1.82) is 0 Å². The summed E-state index contributed by atoms with van der Waals surface area (Å²) >= 11 is 0. The van der Waals surface area contributed by atoms with E-state index in [4.69, 9.17) is 4.74 Å². The first kappa shape index (κ1) is 16.5. The lowest BCUT2D eigenvalue weighted by Crippen LogP contribution is -2.11. The maximum atomic E-state index is 5.98. The van der Waals surface area contributed by atoms with E-state index in [0.717, 1.165) is 35.0 Å². The SMILES string of the molecule is Cc1nccc(-c2ccc(OC[C@@H](C)CC(C)C)c(C)c2)n1. The summed E-state index contributed by atoms with van der Waals surface area (Å²) in [5.74, 6) is 3.04. The molecule has 0 saturated carbocycles. The van der Waals surface area contributed by atoms with Crippen molar-refractivity contribution < 1.29 is 4.74 Å². The summed E-state index contributed by atoms with van der Waals surface area (Å²) in [6.45, 7) is 11.5. The Kier molecular flexibility index (Phi) is 5.53. The molecule has 0 fully saturated rings. The molecule has 0 amide bonds. The third-order valence-corrected chi connectivity index (χ3v) is 3.64. The van der Waals surface area contributed by atoms with E-state index in [-0.39, 0.29) is 0 Å². The maximum absolute atomic E-state index is 5.98. The van der Waals surface area contributed by atoms with Gasteiger partial charge in [-0.3, -0.25) is 0 Å². The van der Waals surface area contributed by atoms with Gasteiger partial charge >= 0.3 is 0 Å². The normalized spacial score (nSPS) is 12.5. The molecule has 2 aromatic rings. The average Bonchev–Trinajstić information content (AvgIpc) is 2.45. The summed E-state index contributed by atoms with van der Waals surface area (Å²) in [4.78, 5) is 8.61. The lowest BCUT2D eigenvalue weighted by Gasteiger charge is -2.16. The molecule has 118 valence electrons. The van der Waals surface area contributed by atoms with Crippen LogP contribution < -0.4 is 4.74 Å².